The molecule has 0 saturated carbocycles. The lowest BCUT2D eigenvalue weighted by atomic mass is 10.1. The molecule has 2 aromatic heterocycles. The zero-order valence-electron chi connectivity index (χ0n) is 9.43. The monoisotopic (exact) mass is 301 g/mol. The second-order valence-corrected chi connectivity index (χ2v) is 5.18. The molecule has 0 fully saturated rings. The van der Waals surface area contributed by atoms with Gasteiger partial charge in [0, 0.05) is 5.92 Å². The van der Waals surface area contributed by atoms with Crippen molar-refractivity contribution < 1.29 is 0 Å². The normalized spacial score (nSPS) is 11.6. The van der Waals surface area contributed by atoms with Crippen LogP contribution in [0.3, 0.4) is 0 Å². The third-order valence-corrected chi connectivity index (χ3v) is 3.80. The van der Waals surface area contributed by atoms with Gasteiger partial charge in [0.1, 0.15) is 16.6 Å². The number of fused-ring (bicyclic) bond motifs is 1. The van der Waals surface area contributed by atoms with Gasteiger partial charge in [-0.1, -0.05) is 32.4 Å². The highest BCUT2D eigenvalue weighted by Crippen LogP contribution is 2.33. The minimum Gasteiger partial charge on any atom is -0.329 e. The van der Waals surface area contributed by atoms with E-state index in [0.29, 0.717) is 11.1 Å². The van der Waals surface area contributed by atoms with Crippen molar-refractivity contribution in [2.45, 2.75) is 33.1 Å². The van der Waals surface area contributed by atoms with Gasteiger partial charge in [0.2, 0.25) is 0 Å². The van der Waals surface area contributed by atoms with E-state index < -0.39 is 0 Å². The number of aromatic nitrogens is 3. The van der Waals surface area contributed by atoms with Crippen molar-refractivity contribution in [3.05, 3.63) is 21.1 Å². The Kier molecular flexibility index (Phi) is 3.22. The molecule has 0 bridgehead atoms. The molecule has 0 unspecified atom stereocenters. The lowest BCUT2D eigenvalue weighted by Crippen LogP contribution is -2.01. The number of nitrogens with zero attached hydrogens (tertiary/aromatic N) is 2. The van der Waals surface area contributed by atoms with E-state index in [0.717, 1.165) is 33.4 Å². The van der Waals surface area contributed by atoms with E-state index in [-0.39, 0.29) is 0 Å². The van der Waals surface area contributed by atoms with Crippen LogP contribution in [-0.4, -0.2) is 15.0 Å². The third-order valence-electron chi connectivity index (χ3n) is 2.49. The first-order chi connectivity index (χ1) is 7.54. The maximum absolute atomic E-state index is 6.04. The quantitative estimate of drug-likeness (QED) is 0.909. The number of halogens is 2. The number of hydrogen-bond acceptors (Lipinski definition) is 2. The fourth-order valence-corrected chi connectivity index (χ4v) is 2.33. The van der Waals surface area contributed by atoms with Gasteiger partial charge in [0.25, 0.3) is 0 Å². The summed E-state index contributed by atoms with van der Waals surface area (Å²) < 4.78 is 0.858. The number of aryl methyl sites for hydroxylation is 1. The molecule has 3 nitrogen and oxygen atoms in total. The molecule has 0 aliphatic heterocycles. The third kappa shape index (κ3) is 1.84. The summed E-state index contributed by atoms with van der Waals surface area (Å²) >= 11 is 9.50. The van der Waals surface area contributed by atoms with Crippen molar-refractivity contribution in [3.8, 4) is 0 Å². The van der Waals surface area contributed by atoms with Gasteiger partial charge in [0.15, 0.2) is 0 Å². The maximum atomic E-state index is 6.04. The molecule has 0 atom stereocenters. The summed E-state index contributed by atoms with van der Waals surface area (Å²) in [5.41, 5.74) is 1.84. The van der Waals surface area contributed by atoms with Gasteiger partial charge >= 0.3 is 0 Å². The van der Waals surface area contributed by atoms with Gasteiger partial charge in [-0.3, -0.25) is 0 Å². The second-order valence-electron chi connectivity index (χ2n) is 4.01. The Hall–Kier alpha value is -0.610. The number of hydrogen-bond donors (Lipinski definition) is 1. The first kappa shape index (κ1) is 11.9. The fraction of sp³-hybridized carbons (Fsp3) is 0.455. The molecule has 2 rings (SSSR count). The summed E-state index contributed by atoms with van der Waals surface area (Å²) in [5.74, 6) is 1.17. The minimum absolute atomic E-state index is 0.315. The molecule has 0 spiro atoms. The van der Waals surface area contributed by atoms with Crippen LogP contribution in [0.25, 0.3) is 11.0 Å². The number of rotatable bonds is 2. The van der Waals surface area contributed by atoms with Crippen LogP contribution in [0.2, 0.25) is 5.15 Å². The predicted molar refractivity (Wildman–Crippen MR) is 70.1 cm³/mol. The van der Waals surface area contributed by atoms with Crippen LogP contribution in [0.1, 0.15) is 38.2 Å². The second kappa shape index (κ2) is 4.34. The van der Waals surface area contributed by atoms with Crippen molar-refractivity contribution in [1.29, 1.82) is 0 Å². The van der Waals surface area contributed by atoms with Gasteiger partial charge in [-0.15, -0.1) is 0 Å². The van der Waals surface area contributed by atoms with E-state index in [1.807, 2.05) is 0 Å². The highest BCUT2D eigenvalue weighted by Gasteiger charge is 2.15. The highest BCUT2D eigenvalue weighted by molar-refractivity contribution is 9.10. The van der Waals surface area contributed by atoms with Gasteiger partial charge in [0.05, 0.1) is 15.6 Å². The molecule has 0 aliphatic rings. The van der Waals surface area contributed by atoms with E-state index in [9.17, 15) is 0 Å². The molecule has 1 N–H and O–H groups in total. The molecule has 5 heteroatoms. The van der Waals surface area contributed by atoms with Crippen LogP contribution in [-0.2, 0) is 6.42 Å². The zero-order valence-corrected chi connectivity index (χ0v) is 11.8. The summed E-state index contributed by atoms with van der Waals surface area (Å²) in [5, 5.41) is 1.58. The average molecular weight is 303 g/mol. The first-order valence-electron chi connectivity index (χ1n) is 5.28. The lowest BCUT2D eigenvalue weighted by Gasteiger charge is -2.06. The van der Waals surface area contributed by atoms with Crippen molar-refractivity contribution in [3.63, 3.8) is 0 Å². The first-order valence-corrected chi connectivity index (χ1v) is 6.45. The van der Waals surface area contributed by atoms with Crippen molar-refractivity contribution in [1.82, 2.24) is 15.0 Å². The Morgan fingerprint density at radius 1 is 1.38 bits per heavy atom. The van der Waals surface area contributed by atoms with Crippen LogP contribution in [0.15, 0.2) is 4.47 Å². The molecule has 2 heterocycles. The summed E-state index contributed by atoms with van der Waals surface area (Å²) in [6.07, 6.45) is 0.867. The van der Waals surface area contributed by atoms with Crippen LogP contribution < -0.4 is 0 Å². The van der Waals surface area contributed by atoms with Crippen LogP contribution in [0.4, 0.5) is 0 Å². The van der Waals surface area contributed by atoms with Gasteiger partial charge < -0.3 is 4.98 Å². The van der Waals surface area contributed by atoms with Gasteiger partial charge in [-0.05, 0) is 22.4 Å². The summed E-state index contributed by atoms with van der Waals surface area (Å²) in [6, 6.07) is 0. The number of nitrogens with one attached hydrogen (secondary N) is 1. The zero-order chi connectivity index (χ0) is 11.9. The van der Waals surface area contributed by atoms with E-state index in [4.69, 9.17) is 11.6 Å². The number of aromatic amines is 1. The Labute approximate surface area is 108 Å². The summed E-state index contributed by atoms with van der Waals surface area (Å²) in [4.78, 5) is 12.1. The molecule has 0 amide bonds. The molecule has 86 valence electrons. The highest BCUT2D eigenvalue weighted by atomic mass is 79.9. The van der Waals surface area contributed by atoms with E-state index in [1.54, 1.807) is 0 Å². The Morgan fingerprint density at radius 2 is 2.06 bits per heavy atom. The predicted octanol–water partition coefficient (Wildman–Crippen LogP) is 4.06. The van der Waals surface area contributed by atoms with Crippen molar-refractivity contribution in [2.75, 3.05) is 0 Å². The summed E-state index contributed by atoms with van der Waals surface area (Å²) in [7, 11) is 0. The standard InChI is InChI=1S/C11H13BrClN3/c1-4-6-7-8(12)9(13)15-11(7)16-10(14-6)5(2)3/h5H,4H2,1-3H3,(H,14,15,16). The molecule has 16 heavy (non-hydrogen) atoms. The van der Waals surface area contributed by atoms with E-state index >= 15 is 0 Å². The molecular weight excluding hydrogens is 289 g/mol. The molecule has 0 radical (unpaired) electrons. The Bertz CT molecular complexity index is 533. The Balaban J connectivity index is 2.78. The van der Waals surface area contributed by atoms with Gasteiger partial charge in [-0.25, -0.2) is 9.97 Å². The SMILES string of the molecule is CCc1nc(C(C)C)nc2[nH]c(Cl)c(Br)c12. The molecule has 0 aromatic carbocycles. The largest absolute Gasteiger partial charge is 0.329 e. The molecular formula is C11H13BrClN3. The van der Waals surface area contributed by atoms with Crippen LogP contribution in [0, 0.1) is 0 Å². The molecule has 2 aromatic rings. The van der Waals surface area contributed by atoms with E-state index in [2.05, 4.69) is 51.7 Å². The van der Waals surface area contributed by atoms with Gasteiger partial charge in [-0.2, -0.15) is 0 Å². The average Bonchev–Trinajstić information content (AvgIpc) is 2.53. The topological polar surface area (TPSA) is 41.6 Å². The summed E-state index contributed by atoms with van der Waals surface area (Å²) in [6.45, 7) is 6.25. The number of H-pyrrole nitrogens is 1. The van der Waals surface area contributed by atoms with Crippen molar-refractivity contribution >= 4 is 38.6 Å². The molecule has 0 aliphatic carbocycles. The fourth-order valence-electron chi connectivity index (χ4n) is 1.63. The Morgan fingerprint density at radius 3 is 2.62 bits per heavy atom. The molecule has 0 saturated heterocycles. The smallest absolute Gasteiger partial charge is 0.143 e. The van der Waals surface area contributed by atoms with Crippen molar-refractivity contribution in [2.24, 2.45) is 0 Å². The lowest BCUT2D eigenvalue weighted by molar-refractivity contribution is 0.768. The maximum Gasteiger partial charge on any atom is 0.143 e. The van der Waals surface area contributed by atoms with Crippen LogP contribution >= 0.6 is 27.5 Å². The minimum atomic E-state index is 0.315. The van der Waals surface area contributed by atoms with Crippen LogP contribution in [0.5, 0.6) is 0 Å². The van der Waals surface area contributed by atoms with E-state index in [1.165, 1.54) is 0 Å².